The van der Waals surface area contributed by atoms with Crippen LogP contribution in [0, 0.1) is 0 Å². The van der Waals surface area contributed by atoms with Gasteiger partial charge in [-0.3, -0.25) is 0 Å². The smallest absolute Gasteiger partial charge is 0.204 e. The number of oxazole rings is 1. The van der Waals surface area contributed by atoms with Gasteiger partial charge in [-0.15, -0.1) is 11.8 Å². The van der Waals surface area contributed by atoms with Crippen LogP contribution in [-0.2, 0) is 11.2 Å². The predicted octanol–water partition coefficient (Wildman–Crippen LogP) is 4.50. The SMILES string of the molecule is CC(C)(C)c1cnc(CSc2cc(Cl)ccc2N)o1. The summed E-state index contributed by atoms with van der Waals surface area (Å²) < 4.78 is 5.73. The second-order valence-electron chi connectivity index (χ2n) is 5.34. The third-order valence-corrected chi connectivity index (χ3v) is 3.91. The van der Waals surface area contributed by atoms with Crippen molar-refractivity contribution in [2.45, 2.75) is 36.8 Å². The number of thioether (sulfide) groups is 1. The number of nitrogen functional groups attached to an aromatic ring is 1. The number of hydrogen-bond donors (Lipinski definition) is 1. The molecule has 0 saturated heterocycles. The fourth-order valence-corrected chi connectivity index (χ4v) is 2.59. The molecular weight excluding hydrogens is 280 g/mol. The second-order valence-corrected chi connectivity index (χ2v) is 6.79. The van der Waals surface area contributed by atoms with Crippen molar-refractivity contribution in [3.63, 3.8) is 0 Å². The summed E-state index contributed by atoms with van der Waals surface area (Å²) in [5.41, 5.74) is 6.59. The van der Waals surface area contributed by atoms with Crippen LogP contribution in [0.3, 0.4) is 0 Å². The van der Waals surface area contributed by atoms with E-state index in [0.29, 0.717) is 16.7 Å². The van der Waals surface area contributed by atoms with Gasteiger partial charge in [0.2, 0.25) is 5.89 Å². The topological polar surface area (TPSA) is 52.0 Å². The van der Waals surface area contributed by atoms with E-state index in [1.54, 1.807) is 30.1 Å². The maximum absolute atomic E-state index is 5.95. The van der Waals surface area contributed by atoms with Gasteiger partial charge in [0.15, 0.2) is 0 Å². The molecule has 1 aromatic heterocycles. The van der Waals surface area contributed by atoms with Gasteiger partial charge in [-0.25, -0.2) is 4.98 Å². The fourth-order valence-electron chi connectivity index (χ4n) is 1.50. The molecule has 19 heavy (non-hydrogen) atoms. The Morgan fingerprint density at radius 3 is 2.74 bits per heavy atom. The minimum atomic E-state index is -0.0228. The van der Waals surface area contributed by atoms with Crippen LogP contribution in [0.2, 0.25) is 5.02 Å². The Kier molecular flexibility index (Phi) is 4.11. The van der Waals surface area contributed by atoms with E-state index >= 15 is 0 Å². The van der Waals surface area contributed by atoms with Crippen LogP contribution in [0.25, 0.3) is 0 Å². The average molecular weight is 297 g/mol. The van der Waals surface area contributed by atoms with Gasteiger partial charge in [0.25, 0.3) is 0 Å². The van der Waals surface area contributed by atoms with E-state index in [9.17, 15) is 0 Å². The molecule has 0 spiro atoms. The van der Waals surface area contributed by atoms with Gasteiger partial charge in [-0.05, 0) is 18.2 Å². The molecule has 2 aromatic rings. The zero-order chi connectivity index (χ0) is 14.0. The number of anilines is 1. The van der Waals surface area contributed by atoms with Crippen molar-refractivity contribution in [2.75, 3.05) is 5.73 Å². The minimum Gasteiger partial charge on any atom is -0.444 e. The molecule has 0 atom stereocenters. The van der Waals surface area contributed by atoms with E-state index in [2.05, 4.69) is 25.8 Å². The van der Waals surface area contributed by atoms with E-state index in [4.69, 9.17) is 21.8 Å². The van der Waals surface area contributed by atoms with Crippen LogP contribution >= 0.6 is 23.4 Å². The average Bonchev–Trinajstić information content (AvgIpc) is 2.79. The summed E-state index contributed by atoms with van der Waals surface area (Å²) in [7, 11) is 0. The lowest BCUT2D eigenvalue weighted by Gasteiger charge is -2.13. The molecule has 2 N–H and O–H groups in total. The molecule has 102 valence electrons. The molecule has 0 fully saturated rings. The number of hydrogen-bond acceptors (Lipinski definition) is 4. The highest BCUT2D eigenvalue weighted by Crippen LogP contribution is 2.31. The Morgan fingerprint density at radius 1 is 1.37 bits per heavy atom. The maximum Gasteiger partial charge on any atom is 0.204 e. The van der Waals surface area contributed by atoms with Crippen molar-refractivity contribution in [3.8, 4) is 0 Å². The summed E-state index contributed by atoms with van der Waals surface area (Å²) in [6.45, 7) is 6.29. The largest absolute Gasteiger partial charge is 0.444 e. The van der Waals surface area contributed by atoms with E-state index in [1.807, 2.05) is 6.07 Å². The number of halogens is 1. The Labute approximate surface area is 122 Å². The lowest BCUT2D eigenvalue weighted by molar-refractivity contribution is 0.391. The van der Waals surface area contributed by atoms with Crippen molar-refractivity contribution < 1.29 is 4.42 Å². The first-order valence-corrected chi connectivity index (χ1v) is 7.35. The van der Waals surface area contributed by atoms with E-state index in [-0.39, 0.29) is 5.41 Å². The Bertz CT molecular complexity index is 575. The van der Waals surface area contributed by atoms with E-state index in [1.165, 1.54) is 0 Å². The van der Waals surface area contributed by atoms with Gasteiger partial charge < -0.3 is 10.2 Å². The monoisotopic (exact) mass is 296 g/mol. The summed E-state index contributed by atoms with van der Waals surface area (Å²) in [6.07, 6.45) is 1.79. The van der Waals surface area contributed by atoms with Crippen molar-refractivity contribution in [1.82, 2.24) is 4.98 Å². The summed E-state index contributed by atoms with van der Waals surface area (Å²) in [4.78, 5) is 5.24. The number of nitrogens with two attached hydrogens (primary N) is 1. The maximum atomic E-state index is 5.95. The quantitative estimate of drug-likeness (QED) is 0.669. The van der Waals surface area contributed by atoms with Crippen molar-refractivity contribution in [2.24, 2.45) is 0 Å². The standard InChI is InChI=1S/C14H17ClN2OS/c1-14(2,3)12-7-17-13(18-12)8-19-11-6-9(15)4-5-10(11)16/h4-7H,8,16H2,1-3H3. The molecular formula is C14H17ClN2OS. The highest BCUT2D eigenvalue weighted by atomic mass is 35.5. The Morgan fingerprint density at radius 2 is 2.11 bits per heavy atom. The lowest BCUT2D eigenvalue weighted by atomic mass is 9.94. The van der Waals surface area contributed by atoms with E-state index in [0.717, 1.165) is 16.3 Å². The summed E-state index contributed by atoms with van der Waals surface area (Å²) in [5, 5.41) is 0.680. The molecule has 0 bridgehead atoms. The molecule has 0 radical (unpaired) electrons. The molecule has 1 aromatic carbocycles. The van der Waals surface area contributed by atoms with Gasteiger partial charge in [0, 0.05) is 21.0 Å². The third kappa shape index (κ3) is 3.67. The molecule has 0 aliphatic carbocycles. The minimum absolute atomic E-state index is 0.0228. The van der Waals surface area contributed by atoms with Crippen LogP contribution in [-0.4, -0.2) is 4.98 Å². The molecule has 1 heterocycles. The summed E-state index contributed by atoms with van der Waals surface area (Å²) in [5.74, 6) is 2.23. The number of aromatic nitrogens is 1. The van der Waals surface area contributed by atoms with Crippen LogP contribution < -0.4 is 5.73 Å². The first-order valence-electron chi connectivity index (χ1n) is 5.99. The van der Waals surface area contributed by atoms with Gasteiger partial charge >= 0.3 is 0 Å². The first kappa shape index (κ1) is 14.3. The van der Waals surface area contributed by atoms with Crippen molar-refractivity contribution >= 4 is 29.1 Å². The molecule has 0 aliphatic rings. The van der Waals surface area contributed by atoms with Crippen molar-refractivity contribution in [1.29, 1.82) is 0 Å². The Balaban J connectivity index is 2.06. The molecule has 0 amide bonds. The second kappa shape index (κ2) is 5.47. The first-order chi connectivity index (χ1) is 8.86. The van der Waals surface area contributed by atoms with Gasteiger partial charge in [-0.1, -0.05) is 32.4 Å². The summed E-state index contributed by atoms with van der Waals surface area (Å²) in [6, 6.07) is 5.44. The van der Waals surface area contributed by atoms with Crippen LogP contribution in [0.4, 0.5) is 5.69 Å². The lowest BCUT2D eigenvalue weighted by Crippen LogP contribution is -2.09. The normalized spacial score (nSPS) is 11.8. The fraction of sp³-hybridized carbons (Fsp3) is 0.357. The van der Waals surface area contributed by atoms with Gasteiger partial charge in [0.05, 0.1) is 11.9 Å². The molecule has 3 nitrogen and oxygen atoms in total. The third-order valence-electron chi connectivity index (χ3n) is 2.62. The molecule has 0 saturated carbocycles. The predicted molar refractivity (Wildman–Crippen MR) is 80.6 cm³/mol. The highest BCUT2D eigenvalue weighted by molar-refractivity contribution is 7.98. The van der Waals surface area contributed by atoms with Gasteiger partial charge in [0.1, 0.15) is 5.76 Å². The van der Waals surface area contributed by atoms with Crippen LogP contribution in [0.15, 0.2) is 33.7 Å². The molecule has 2 rings (SSSR count). The molecule has 0 aliphatic heterocycles. The summed E-state index contributed by atoms with van der Waals surface area (Å²) >= 11 is 7.53. The Hall–Kier alpha value is -1.13. The number of benzene rings is 1. The van der Waals surface area contributed by atoms with Gasteiger partial charge in [-0.2, -0.15) is 0 Å². The molecule has 5 heteroatoms. The molecule has 0 unspecified atom stereocenters. The zero-order valence-corrected chi connectivity index (χ0v) is 12.8. The van der Waals surface area contributed by atoms with E-state index < -0.39 is 0 Å². The van der Waals surface area contributed by atoms with Crippen LogP contribution in [0.1, 0.15) is 32.4 Å². The van der Waals surface area contributed by atoms with Crippen LogP contribution in [0.5, 0.6) is 0 Å². The number of nitrogens with zero attached hydrogens (tertiary/aromatic N) is 1. The zero-order valence-electron chi connectivity index (χ0n) is 11.2. The highest BCUT2D eigenvalue weighted by Gasteiger charge is 2.19. The number of rotatable bonds is 3. The van der Waals surface area contributed by atoms with Crippen molar-refractivity contribution in [3.05, 3.63) is 41.1 Å².